The van der Waals surface area contributed by atoms with Gasteiger partial charge in [0, 0.05) is 0 Å². The summed E-state index contributed by atoms with van der Waals surface area (Å²) in [5.41, 5.74) is 0.846. The molecule has 2 aromatic rings. The minimum Gasteiger partial charge on any atom is -0.487 e. The fraction of sp³-hybridized carbons (Fsp3) is 0.118. The molecule has 0 saturated heterocycles. The van der Waals surface area contributed by atoms with Gasteiger partial charge in [0.15, 0.2) is 0 Å². The smallest absolute Gasteiger partial charge is 0.243 e. The predicted molar refractivity (Wildman–Crippen MR) is 85.7 cm³/mol. The zero-order chi connectivity index (χ0) is 15.8. The van der Waals surface area contributed by atoms with E-state index >= 15 is 0 Å². The number of nitrogens with one attached hydrogen (secondary N) is 2. The SMILES string of the molecule is C=CCOc1ccccc1NCC(=O)Nc1ccccc1F. The standard InChI is InChI=1S/C17H17FN2O2/c1-2-11-22-16-10-6-5-9-15(16)19-12-17(21)20-14-8-4-3-7-13(14)18/h2-10,19H,1,11-12H2,(H,20,21). The van der Waals surface area contributed by atoms with E-state index < -0.39 is 5.82 Å². The van der Waals surface area contributed by atoms with Crippen LogP contribution in [0.25, 0.3) is 0 Å². The maximum absolute atomic E-state index is 13.5. The zero-order valence-electron chi connectivity index (χ0n) is 12.0. The Morgan fingerprint density at radius 1 is 1.14 bits per heavy atom. The number of benzene rings is 2. The van der Waals surface area contributed by atoms with Gasteiger partial charge in [-0.05, 0) is 24.3 Å². The van der Waals surface area contributed by atoms with Crippen molar-refractivity contribution in [3.8, 4) is 5.75 Å². The third-order valence-corrected chi connectivity index (χ3v) is 2.83. The molecule has 2 rings (SSSR count). The van der Waals surface area contributed by atoms with Crippen LogP contribution >= 0.6 is 0 Å². The Kier molecular flexibility index (Phi) is 5.54. The summed E-state index contributed by atoms with van der Waals surface area (Å²) in [6.07, 6.45) is 1.64. The van der Waals surface area contributed by atoms with Crippen molar-refractivity contribution in [3.05, 3.63) is 67.0 Å². The molecule has 4 nitrogen and oxygen atoms in total. The Morgan fingerprint density at radius 3 is 2.55 bits per heavy atom. The van der Waals surface area contributed by atoms with Crippen molar-refractivity contribution in [1.29, 1.82) is 0 Å². The number of ether oxygens (including phenoxy) is 1. The fourth-order valence-corrected chi connectivity index (χ4v) is 1.82. The van der Waals surface area contributed by atoms with Gasteiger partial charge in [0.1, 0.15) is 18.2 Å². The molecule has 0 unspecified atom stereocenters. The number of rotatable bonds is 7. The molecule has 0 fully saturated rings. The molecule has 2 N–H and O–H groups in total. The molecular formula is C17H17FN2O2. The van der Waals surface area contributed by atoms with Gasteiger partial charge in [-0.3, -0.25) is 4.79 Å². The Hall–Kier alpha value is -2.82. The van der Waals surface area contributed by atoms with Gasteiger partial charge in [0.05, 0.1) is 17.9 Å². The molecule has 0 aliphatic rings. The molecule has 0 aliphatic heterocycles. The highest BCUT2D eigenvalue weighted by molar-refractivity contribution is 5.94. The highest BCUT2D eigenvalue weighted by atomic mass is 19.1. The van der Waals surface area contributed by atoms with Crippen molar-refractivity contribution < 1.29 is 13.9 Å². The van der Waals surface area contributed by atoms with Crippen LogP contribution in [0.3, 0.4) is 0 Å². The number of halogens is 1. The van der Waals surface area contributed by atoms with Crippen molar-refractivity contribution in [1.82, 2.24) is 0 Å². The number of anilines is 2. The van der Waals surface area contributed by atoms with Gasteiger partial charge >= 0.3 is 0 Å². The third-order valence-electron chi connectivity index (χ3n) is 2.83. The van der Waals surface area contributed by atoms with E-state index in [1.54, 1.807) is 30.3 Å². The van der Waals surface area contributed by atoms with E-state index in [2.05, 4.69) is 17.2 Å². The largest absolute Gasteiger partial charge is 0.487 e. The summed E-state index contributed by atoms with van der Waals surface area (Å²) in [7, 11) is 0. The second kappa shape index (κ2) is 7.83. The highest BCUT2D eigenvalue weighted by Gasteiger charge is 2.08. The zero-order valence-corrected chi connectivity index (χ0v) is 12.0. The Morgan fingerprint density at radius 2 is 1.82 bits per heavy atom. The first-order valence-corrected chi connectivity index (χ1v) is 6.81. The molecule has 0 saturated carbocycles. The number of hydrogen-bond donors (Lipinski definition) is 2. The first-order chi connectivity index (χ1) is 10.7. The van der Waals surface area contributed by atoms with Gasteiger partial charge in [-0.25, -0.2) is 4.39 Å². The normalized spacial score (nSPS) is 9.86. The molecule has 1 amide bonds. The molecular weight excluding hydrogens is 283 g/mol. The van der Waals surface area contributed by atoms with E-state index in [1.807, 2.05) is 12.1 Å². The van der Waals surface area contributed by atoms with Crippen LogP contribution < -0.4 is 15.4 Å². The molecule has 0 spiro atoms. The molecule has 0 bridgehead atoms. The summed E-state index contributed by atoms with van der Waals surface area (Å²) < 4.78 is 18.9. The number of carbonyl (C=O) groups excluding carboxylic acids is 1. The molecule has 114 valence electrons. The van der Waals surface area contributed by atoms with Crippen LogP contribution in [-0.2, 0) is 4.79 Å². The van der Waals surface area contributed by atoms with Crippen LogP contribution in [0.1, 0.15) is 0 Å². The topological polar surface area (TPSA) is 50.4 Å². The van der Waals surface area contributed by atoms with E-state index in [-0.39, 0.29) is 18.1 Å². The minimum absolute atomic E-state index is 0.00277. The van der Waals surface area contributed by atoms with Crippen molar-refractivity contribution in [3.63, 3.8) is 0 Å². The number of hydrogen-bond acceptors (Lipinski definition) is 3. The maximum Gasteiger partial charge on any atom is 0.243 e. The first-order valence-electron chi connectivity index (χ1n) is 6.81. The minimum atomic E-state index is -0.467. The lowest BCUT2D eigenvalue weighted by Crippen LogP contribution is -2.22. The van der Waals surface area contributed by atoms with Crippen molar-refractivity contribution >= 4 is 17.3 Å². The van der Waals surface area contributed by atoms with Crippen molar-refractivity contribution in [2.45, 2.75) is 0 Å². The molecule has 0 heterocycles. The van der Waals surface area contributed by atoms with Gasteiger partial charge in [0.2, 0.25) is 5.91 Å². The fourth-order valence-electron chi connectivity index (χ4n) is 1.82. The summed E-state index contributed by atoms with van der Waals surface area (Å²) in [5.74, 6) is -0.185. The third kappa shape index (κ3) is 4.34. The Bertz CT molecular complexity index is 659. The molecule has 2 aromatic carbocycles. The molecule has 5 heteroatoms. The van der Waals surface area contributed by atoms with Gasteiger partial charge in [-0.1, -0.05) is 36.9 Å². The van der Waals surface area contributed by atoms with Crippen molar-refractivity contribution in [2.24, 2.45) is 0 Å². The van der Waals surface area contributed by atoms with Crippen LogP contribution in [0.15, 0.2) is 61.2 Å². The van der Waals surface area contributed by atoms with E-state index in [4.69, 9.17) is 4.74 Å². The summed E-state index contributed by atoms with van der Waals surface area (Å²) in [5, 5.41) is 5.48. The average Bonchev–Trinajstić information content (AvgIpc) is 2.54. The summed E-state index contributed by atoms with van der Waals surface area (Å²) in [6, 6.07) is 13.3. The van der Waals surface area contributed by atoms with E-state index in [1.165, 1.54) is 12.1 Å². The number of carbonyl (C=O) groups is 1. The van der Waals surface area contributed by atoms with Crippen LogP contribution in [0.4, 0.5) is 15.8 Å². The van der Waals surface area contributed by atoms with Gasteiger partial charge in [-0.2, -0.15) is 0 Å². The average molecular weight is 300 g/mol. The monoisotopic (exact) mass is 300 g/mol. The molecule has 0 radical (unpaired) electrons. The van der Waals surface area contributed by atoms with Gasteiger partial charge < -0.3 is 15.4 Å². The quantitative estimate of drug-likeness (QED) is 0.770. The van der Waals surface area contributed by atoms with E-state index in [9.17, 15) is 9.18 Å². The Labute approximate surface area is 128 Å². The van der Waals surface area contributed by atoms with E-state index in [0.717, 1.165) is 0 Å². The molecule has 22 heavy (non-hydrogen) atoms. The predicted octanol–water partition coefficient (Wildman–Crippen LogP) is 3.44. The van der Waals surface area contributed by atoms with Gasteiger partial charge in [0.25, 0.3) is 0 Å². The lowest BCUT2D eigenvalue weighted by molar-refractivity contribution is -0.114. The molecule has 0 aromatic heterocycles. The van der Waals surface area contributed by atoms with E-state index in [0.29, 0.717) is 18.0 Å². The Balaban J connectivity index is 1.94. The maximum atomic E-state index is 13.5. The van der Waals surface area contributed by atoms with Gasteiger partial charge in [-0.15, -0.1) is 0 Å². The molecule has 0 atom stereocenters. The lowest BCUT2D eigenvalue weighted by atomic mass is 10.3. The lowest BCUT2D eigenvalue weighted by Gasteiger charge is -2.12. The second-order valence-electron chi connectivity index (χ2n) is 4.48. The van der Waals surface area contributed by atoms with Crippen LogP contribution in [0.5, 0.6) is 5.75 Å². The summed E-state index contributed by atoms with van der Waals surface area (Å²) >= 11 is 0. The second-order valence-corrected chi connectivity index (χ2v) is 4.48. The summed E-state index contributed by atoms with van der Waals surface area (Å²) in [4.78, 5) is 11.9. The summed E-state index contributed by atoms with van der Waals surface area (Å²) in [6.45, 7) is 3.97. The number of para-hydroxylation sites is 3. The van der Waals surface area contributed by atoms with Crippen molar-refractivity contribution in [2.75, 3.05) is 23.8 Å². The van der Waals surface area contributed by atoms with Crippen LogP contribution in [-0.4, -0.2) is 19.1 Å². The number of amides is 1. The first kappa shape index (κ1) is 15.6. The molecule has 0 aliphatic carbocycles. The van der Waals surface area contributed by atoms with Crippen LogP contribution in [0, 0.1) is 5.82 Å². The van der Waals surface area contributed by atoms with Crippen LogP contribution in [0.2, 0.25) is 0 Å². The highest BCUT2D eigenvalue weighted by Crippen LogP contribution is 2.23.